The van der Waals surface area contributed by atoms with Crippen LogP contribution in [0, 0.1) is 46.3 Å². The number of hydrogen-bond acceptors (Lipinski definition) is 4. The summed E-state index contributed by atoms with van der Waals surface area (Å²) in [5.74, 6) is 3.88. The lowest BCUT2D eigenvalue weighted by Crippen LogP contribution is -2.61. The monoisotopic (exact) mass is 405 g/mol. The maximum Gasteiger partial charge on any atom is 0.306 e. The highest BCUT2D eigenvalue weighted by Crippen LogP contribution is 2.63. The number of fused-ring (bicyclic) bond motifs is 4. The Labute approximate surface area is 177 Å². The van der Waals surface area contributed by atoms with E-state index in [0.717, 1.165) is 24.7 Å². The highest BCUT2D eigenvalue weighted by atomic mass is 16.5. The molecule has 0 radical (unpaired) electrons. The number of aliphatic hydroxyl groups is 1. The Bertz CT molecular complexity index is 626. The molecule has 6 fully saturated rings. The van der Waals surface area contributed by atoms with Gasteiger partial charge in [-0.25, -0.2) is 0 Å². The Morgan fingerprint density at radius 1 is 1.14 bits per heavy atom. The van der Waals surface area contributed by atoms with Crippen LogP contribution in [-0.4, -0.2) is 30.3 Å². The van der Waals surface area contributed by atoms with E-state index in [-0.39, 0.29) is 5.97 Å². The van der Waals surface area contributed by atoms with Gasteiger partial charge in [-0.05, 0) is 85.4 Å². The maximum absolute atomic E-state index is 11.5. The quantitative estimate of drug-likeness (QED) is 0.520. The van der Waals surface area contributed by atoms with Crippen molar-refractivity contribution in [1.82, 2.24) is 0 Å². The van der Waals surface area contributed by atoms with Gasteiger partial charge in [0.15, 0.2) is 0 Å². The van der Waals surface area contributed by atoms with Crippen LogP contribution in [0.3, 0.4) is 0 Å². The van der Waals surface area contributed by atoms with E-state index in [1.807, 2.05) is 6.92 Å². The van der Waals surface area contributed by atoms with Crippen molar-refractivity contribution >= 4 is 5.97 Å². The molecule has 6 saturated carbocycles. The minimum atomic E-state index is -0.0623. The van der Waals surface area contributed by atoms with Crippen LogP contribution in [0.2, 0.25) is 0 Å². The third kappa shape index (κ3) is 4.04. The molecule has 6 aliphatic rings. The number of esters is 1. The van der Waals surface area contributed by atoms with Gasteiger partial charge in [0.2, 0.25) is 0 Å². The topological polar surface area (TPSA) is 72.5 Å². The van der Waals surface area contributed by atoms with Crippen molar-refractivity contribution in [2.24, 2.45) is 52.1 Å². The summed E-state index contributed by atoms with van der Waals surface area (Å²) in [5, 5.41) is 8.91. The second-order valence-electron chi connectivity index (χ2n) is 11.3. The fourth-order valence-corrected chi connectivity index (χ4v) is 6.90. The summed E-state index contributed by atoms with van der Waals surface area (Å²) in [6.45, 7) is 16.2. The summed E-state index contributed by atoms with van der Waals surface area (Å²) in [6, 6.07) is 0.340. The lowest BCUT2D eigenvalue weighted by atomic mass is 9.45. The third-order valence-electron chi connectivity index (χ3n) is 9.37. The van der Waals surface area contributed by atoms with Crippen molar-refractivity contribution in [1.29, 1.82) is 0 Å². The highest BCUT2D eigenvalue weighted by molar-refractivity contribution is 5.70. The van der Waals surface area contributed by atoms with E-state index < -0.39 is 0 Å². The van der Waals surface area contributed by atoms with E-state index >= 15 is 0 Å². The minimum Gasteiger partial charge on any atom is -0.466 e. The molecule has 166 valence electrons. The van der Waals surface area contributed by atoms with Gasteiger partial charge in [0.05, 0.1) is 13.0 Å². The van der Waals surface area contributed by atoms with Crippen LogP contribution in [0.15, 0.2) is 12.2 Å². The minimum absolute atomic E-state index is 0.0623. The number of carbonyl (C=O) groups is 1. The van der Waals surface area contributed by atoms with Crippen LogP contribution in [0.25, 0.3) is 0 Å². The number of ether oxygens (including phenoxy) is 1. The Hall–Kier alpha value is -0.870. The van der Waals surface area contributed by atoms with Gasteiger partial charge in [-0.1, -0.05) is 39.8 Å². The number of nitrogens with two attached hydrogens (primary N) is 1. The van der Waals surface area contributed by atoms with Crippen molar-refractivity contribution in [3.05, 3.63) is 12.2 Å². The van der Waals surface area contributed by atoms with Crippen LogP contribution in [-0.2, 0) is 9.53 Å². The van der Waals surface area contributed by atoms with Crippen molar-refractivity contribution in [3.8, 4) is 0 Å². The molecule has 0 unspecified atom stereocenters. The molecule has 6 rings (SSSR count). The highest BCUT2D eigenvalue weighted by Gasteiger charge is 2.56. The molecular formula is C25H43NO3. The van der Waals surface area contributed by atoms with E-state index in [2.05, 4.69) is 34.3 Å². The van der Waals surface area contributed by atoms with Gasteiger partial charge in [0, 0.05) is 12.6 Å². The van der Waals surface area contributed by atoms with Gasteiger partial charge in [-0.15, -0.1) is 0 Å². The second-order valence-corrected chi connectivity index (χ2v) is 11.3. The number of hydrogen-bond donors (Lipinski definition) is 2. The smallest absolute Gasteiger partial charge is 0.306 e. The molecule has 0 aliphatic heterocycles. The molecule has 29 heavy (non-hydrogen) atoms. The van der Waals surface area contributed by atoms with Crippen LogP contribution in [0.5, 0.6) is 0 Å². The van der Waals surface area contributed by atoms with E-state index in [9.17, 15) is 4.79 Å². The standard InChI is InChI=1S/C14H22O2.C11H21NO/c1-5-16-13(15)7-10-6-11-8-12(9(10)2)14(11,3)4;1-11(2)8-5-7(3-4-13)10(12)9(11)6-8/h10-12H,2,5-8H2,1,3-4H3;7-10,13H,3-6,12H2,1-2H3/t10-,11+,12+;7-,8-,9-,10+/m10/s1. The molecule has 4 nitrogen and oxygen atoms in total. The van der Waals surface area contributed by atoms with Gasteiger partial charge in [0.1, 0.15) is 0 Å². The third-order valence-corrected chi connectivity index (χ3v) is 9.37. The summed E-state index contributed by atoms with van der Waals surface area (Å²) in [4.78, 5) is 11.5. The van der Waals surface area contributed by atoms with E-state index in [0.29, 0.717) is 60.2 Å². The summed E-state index contributed by atoms with van der Waals surface area (Å²) < 4.78 is 5.01. The SMILES string of the molecule is C=C1[C@@H](CC(=O)OCC)C[C@H]2C[C@@H]1C2(C)C.CC1(C)[C@H]2C[C@H](CCO)[C@@H](N)[C@@H]1C2. The number of rotatable bonds is 5. The predicted molar refractivity (Wildman–Crippen MR) is 117 cm³/mol. The molecule has 0 aromatic heterocycles. The first-order valence-electron chi connectivity index (χ1n) is 11.7. The number of aliphatic hydroxyl groups excluding tert-OH is 1. The second kappa shape index (κ2) is 8.34. The fourth-order valence-electron chi connectivity index (χ4n) is 6.90. The van der Waals surface area contributed by atoms with Gasteiger partial charge in [-0.2, -0.15) is 0 Å². The molecule has 0 amide bonds. The Morgan fingerprint density at radius 3 is 2.28 bits per heavy atom. The average Bonchev–Trinajstić information content (AvgIpc) is 2.65. The summed E-state index contributed by atoms with van der Waals surface area (Å²) in [5.41, 5.74) is 8.40. The van der Waals surface area contributed by atoms with E-state index in [1.54, 1.807) is 0 Å². The first kappa shape index (κ1) is 22.8. The molecule has 0 aromatic rings. The van der Waals surface area contributed by atoms with Crippen LogP contribution in [0.4, 0.5) is 0 Å². The van der Waals surface area contributed by atoms with E-state index in [1.165, 1.54) is 24.8 Å². The van der Waals surface area contributed by atoms with Gasteiger partial charge in [-0.3, -0.25) is 4.79 Å². The zero-order chi connectivity index (χ0) is 21.6. The summed E-state index contributed by atoms with van der Waals surface area (Å²) >= 11 is 0. The average molecular weight is 406 g/mol. The fraction of sp³-hybridized carbons (Fsp3) is 0.880. The zero-order valence-electron chi connectivity index (χ0n) is 19.2. The Morgan fingerprint density at radius 2 is 1.79 bits per heavy atom. The van der Waals surface area contributed by atoms with Gasteiger partial charge in [0.25, 0.3) is 0 Å². The normalized spacial score (nSPS) is 40.7. The summed E-state index contributed by atoms with van der Waals surface area (Å²) in [6.07, 6.45) is 6.42. The summed E-state index contributed by atoms with van der Waals surface area (Å²) in [7, 11) is 0. The van der Waals surface area contributed by atoms with Crippen molar-refractivity contribution in [3.63, 3.8) is 0 Å². The van der Waals surface area contributed by atoms with Crippen molar-refractivity contribution in [2.45, 2.75) is 79.2 Å². The molecule has 6 aliphatic carbocycles. The molecular weight excluding hydrogens is 362 g/mol. The number of allylic oxidation sites excluding steroid dienone is 1. The van der Waals surface area contributed by atoms with Gasteiger partial charge >= 0.3 is 5.97 Å². The molecule has 0 saturated heterocycles. The molecule has 7 atom stereocenters. The number of carbonyl (C=O) groups excluding carboxylic acids is 1. The first-order chi connectivity index (χ1) is 13.5. The largest absolute Gasteiger partial charge is 0.466 e. The van der Waals surface area contributed by atoms with E-state index in [4.69, 9.17) is 15.6 Å². The molecule has 0 heterocycles. The van der Waals surface area contributed by atoms with Crippen molar-refractivity contribution < 1.29 is 14.6 Å². The molecule has 3 N–H and O–H groups in total. The maximum atomic E-state index is 11.5. The molecule has 4 bridgehead atoms. The molecule has 4 heteroatoms. The predicted octanol–water partition coefficient (Wildman–Crippen LogP) is 4.56. The van der Waals surface area contributed by atoms with Crippen LogP contribution >= 0.6 is 0 Å². The first-order valence-corrected chi connectivity index (χ1v) is 11.7. The Balaban J connectivity index is 0.000000169. The van der Waals surface area contributed by atoms with Gasteiger partial charge < -0.3 is 15.6 Å². The molecule has 0 spiro atoms. The van der Waals surface area contributed by atoms with Crippen LogP contribution in [0.1, 0.15) is 73.1 Å². The van der Waals surface area contributed by atoms with Crippen molar-refractivity contribution in [2.75, 3.05) is 13.2 Å². The van der Waals surface area contributed by atoms with Crippen LogP contribution < -0.4 is 5.73 Å². The lowest BCUT2D eigenvalue weighted by molar-refractivity contribution is -0.145. The lowest BCUT2D eigenvalue weighted by Gasteiger charge is -2.61. The Kier molecular flexibility index (Phi) is 6.56. The zero-order valence-corrected chi connectivity index (χ0v) is 19.2. The molecule has 0 aromatic carbocycles.